The second-order valence-electron chi connectivity index (χ2n) is 7.07. The van der Waals surface area contributed by atoms with Gasteiger partial charge in [-0.15, -0.1) is 10.2 Å². The molecule has 3 aromatic rings. The fraction of sp³-hybridized carbons (Fsp3) is 0.286. The van der Waals surface area contributed by atoms with Gasteiger partial charge in [0.15, 0.2) is 0 Å². The van der Waals surface area contributed by atoms with E-state index in [-0.39, 0.29) is 11.8 Å². The molecule has 2 unspecified atom stereocenters. The Morgan fingerprint density at radius 2 is 1.96 bits per heavy atom. The van der Waals surface area contributed by atoms with Crippen LogP contribution in [0.25, 0.3) is 0 Å². The Balaban J connectivity index is 1.81. The summed E-state index contributed by atoms with van der Waals surface area (Å²) in [6, 6.07) is 13.9. The number of anilines is 1. The minimum absolute atomic E-state index is 0.0766. The molecular weight excluding hydrogens is 374 g/mol. The summed E-state index contributed by atoms with van der Waals surface area (Å²) in [5.41, 5.74) is 4.19. The molecule has 2 atom stereocenters. The number of hydrogen-bond donors (Lipinski definition) is 1. The van der Waals surface area contributed by atoms with Gasteiger partial charge in [0.1, 0.15) is 17.0 Å². The summed E-state index contributed by atoms with van der Waals surface area (Å²) in [4.78, 5) is 13.4. The Morgan fingerprint density at radius 1 is 1.18 bits per heavy atom. The number of carbonyl (C=O) groups is 1. The van der Waals surface area contributed by atoms with E-state index >= 15 is 0 Å². The highest BCUT2D eigenvalue weighted by Gasteiger charge is 2.49. The predicted molar refractivity (Wildman–Crippen MR) is 108 cm³/mol. The number of carbonyl (C=O) groups excluding carboxylic acids is 1. The van der Waals surface area contributed by atoms with Crippen LogP contribution >= 0.6 is 11.3 Å². The number of fused-ring (bicyclic) bond motifs is 1. The highest BCUT2D eigenvalue weighted by atomic mass is 32.1. The van der Waals surface area contributed by atoms with E-state index in [1.165, 1.54) is 11.3 Å². The predicted octanol–water partition coefficient (Wildman–Crippen LogP) is 3.89. The first-order chi connectivity index (χ1) is 13.5. The molecule has 144 valence electrons. The number of nitrogens with one attached hydrogen (secondary N) is 1. The number of hydrogen-bond acceptors (Lipinski definition) is 6. The number of amides is 1. The minimum atomic E-state index is -0.688. The molecule has 0 saturated heterocycles. The van der Waals surface area contributed by atoms with Crippen molar-refractivity contribution in [2.75, 3.05) is 19.5 Å². The number of aromatic nitrogens is 2. The smallest absolute Gasteiger partial charge is 0.233 e. The average Bonchev–Trinajstić information content (AvgIpc) is 3.32. The lowest BCUT2D eigenvalue weighted by Crippen LogP contribution is -2.37. The van der Waals surface area contributed by atoms with Crippen molar-refractivity contribution in [3.05, 3.63) is 64.7 Å². The summed E-state index contributed by atoms with van der Waals surface area (Å²) in [6.07, 6.45) is 0.624. The van der Waals surface area contributed by atoms with Gasteiger partial charge < -0.3 is 14.8 Å². The van der Waals surface area contributed by atoms with Crippen LogP contribution in [0, 0.1) is 5.41 Å². The number of ether oxygens (including phenoxy) is 2. The summed E-state index contributed by atoms with van der Waals surface area (Å²) >= 11 is 1.31. The number of rotatable bonds is 5. The van der Waals surface area contributed by atoms with Crippen LogP contribution in [-0.2, 0) is 11.2 Å². The van der Waals surface area contributed by atoms with E-state index < -0.39 is 5.41 Å². The lowest BCUT2D eigenvalue weighted by molar-refractivity contribution is -0.125. The first kappa shape index (κ1) is 18.4. The zero-order valence-electron chi connectivity index (χ0n) is 15.9. The third-order valence-electron chi connectivity index (χ3n) is 5.39. The van der Waals surface area contributed by atoms with Gasteiger partial charge in [0, 0.05) is 5.92 Å². The van der Waals surface area contributed by atoms with Crippen LogP contribution in [0.3, 0.4) is 0 Å². The van der Waals surface area contributed by atoms with Crippen molar-refractivity contribution in [1.82, 2.24) is 10.2 Å². The summed E-state index contributed by atoms with van der Waals surface area (Å²) in [7, 11) is 3.30. The number of methoxy groups -OCH3 is 2. The molecule has 1 N–H and O–H groups in total. The van der Waals surface area contributed by atoms with E-state index in [0.717, 1.165) is 28.2 Å². The highest BCUT2D eigenvalue weighted by Crippen LogP contribution is 2.52. The molecule has 0 saturated carbocycles. The van der Waals surface area contributed by atoms with Gasteiger partial charge in [-0.3, -0.25) is 4.79 Å². The quantitative estimate of drug-likeness (QED) is 0.710. The largest absolute Gasteiger partial charge is 0.497 e. The topological polar surface area (TPSA) is 73.3 Å². The zero-order valence-corrected chi connectivity index (χ0v) is 16.7. The Morgan fingerprint density at radius 3 is 2.68 bits per heavy atom. The van der Waals surface area contributed by atoms with Crippen molar-refractivity contribution in [1.29, 1.82) is 0 Å². The Hall–Kier alpha value is -2.93. The van der Waals surface area contributed by atoms with Gasteiger partial charge in [-0.05, 0) is 54.3 Å². The lowest BCUT2D eigenvalue weighted by atomic mass is 9.73. The molecule has 0 radical (unpaired) electrons. The first-order valence-corrected chi connectivity index (χ1v) is 9.81. The van der Waals surface area contributed by atoms with Gasteiger partial charge in [0.05, 0.1) is 19.6 Å². The summed E-state index contributed by atoms with van der Waals surface area (Å²) in [5, 5.41) is 11.2. The first-order valence-electron chi connectivity index (χ1n) is 8.93. The minimum Gasteiger partial charge on any atom is -0.497 e. The van der Waals surface area contributed by atoms with E-state index in [1.54, 1.807) is 19.7 Å². The van der Waals surface area contributed by atoms with Gasteiger partial charge in [-0.25, -0.2) is 0 Å². The van der Waals surface area contributed by atoms with E-state index in [1.807, 2.05) is 49.4 Å². The number of benzene rings is 2. The van der Waals surface area contributed by atoms with Crippen LogP contribution in [-0.4, -0.2) is 30.3 Å². The van der Waals surface area contributed by atoms with Crippen molar-refractivity contribution in [2.45, 2.75) is 19.3 Å². The molecule has 6 nitrogen and oxygen atoms in total. The van der Waals surface area contributed by atoms with Crippen molar-refractivity contribution in [3.8, 4) is 11.5 Å². The van der Waals surface area contributed by atoms with Gasteiger partial charge in [0.2, 0.25) is 11.0 Å². The second-order valence-corrected chi connectivity index (χ2v) is 7.90. The van der Waals surface area contributed by atoms with Crippen molar-refractivity contribution in [3.63, 3.8) is 0 Å². The maximum atomic E-state index is 13.4. The van der Waals surface area contributed by atoms with E-state index in [0.29, 0.717) is 11.6 Å². The fourth-order valence-corrected chi connectivity index (χ4v) is 4.46. The highest BCUT2D eigenvalue weighted by molar-refractivity contribution is 7.13. The van der Waals surface area contributed by atoms with Crippen LogP contribution in [0.1, 0.15) is 29.5 Å². The standard InChI is InChI=1S/C21H21N3O3S/c1-21(19(25)23-20-24-22-12-28-20)11-14-7-8-16(27-3)10-17(14)18(21)13-5-4-6-15(9-13)26-2/h4-10,12,18H,11H2,1-3H3,(H,23,24,25). The molecule has 1 aliphatic rings. The Labute approximate surface area is 167 Å². The van der Waals surface area contributed by atoms with Crippen LogP contribution < -0.4 is 14.8 Å². The molecular formula is C21H21N3O3S. The normalized spacial score (nSPS) is 20.5. The third kappa shape index (κ3) is 3.11. The Bertz CT molecular complexity index is 1010. The average molecular weight is 395 g/mol. The molecule has 0 bridgehead atoms. The fourth-order valence-electron chi connectivity index (χ4n) is 4.02. The molecule has 0 fully saturated rings. The van der Waals surface area contributed by atoms with Crippen LogP contribution in [0.15, 0.2) is 48.0 Å². The Kier molecular flexibility index (Phi) is 4.77. The second kappa shape index (κ2) is 7.24. The molecule has 4 rings (SSSR count). The maximum Gasteiger partial charge on any atom is 0.233 e. The van der Waals surface area contributed by atoms with Gasteiger partial charge in [-0.2, -0.15) is 0 Å². The summed E-state index contributed by atoms with van der Waals surface area (Å²) in [6.45, 7) is 2.00. The van der Waals surface area contributed by atoms with Crippen molar-refractivity contribution < 1.29 is 14.3 Å². The zero-order chi connectivity index (χ0) is 19.7. The molecule has 1 heterocycles. The molecule has 1 aromatic heterocycles. The lowest BCUT2D eigenvalue weighted by Gasteiger charge is -2.31. The molecule has 0 aliphatic heterocycles. The maximum absolute atomic E-state index is 13.4. The van der Waals surface area contributed by atoms with Crippen LogP contribution in [0.5, 0.6) is 11.5 Å². The summed E-state index contributed by atoms with van der Waals surface area (Å²) in [5.74, 6) is 1.33. The molecule has 2 aromatic carbocycles. The van der Waals surface area contributed by atoms with Crippen molar-refractivity contribution >= 4 is 22.4 Å². The summed E-state index contributed by atoms with van der Waals surface area (Å²) < 4.78 is 10.9. The van der Waals surface area contributed by atoms with Gasteiger partial charge >= 0.3 is 0 Å². The van der Waals surface area contributed by atoms with Crippen molar-refractivity contribution in [2.24, 2.45) is 5.41 Å². The van der Waals surface area contributed by atoms with E-state index in [2.05, 4.69) is 15.5 Å². The molecule has 1 aliphatic carbocycles. The van der Waals surface area contributed by atoms with Crippen LogP contribution in [0.4, 0.5) is 5.13 Å². The third-order valence-corrected chi connectivity index (χ3v) is 5.99. The monoisotopic (exact) mass is 395 g/mol. The molecule has 7 heteroatoms. The molecule has 1 amide bonds. The molecule has 0 spiro atoms. The number of nitrogens with zero attached hydrogens (tertiary/aromatic N) is 2. The van der Waals surface area contributed by atoms with E-state index in [4.69, 9.17) is 9.47 Å². The van der Waals surface area contributed by atoms with Gasteiger partial charge in [0.25, 0.3) is 0 Å². The van der Waals surface area contributed by atoms with E-state index in [9.17, 15) is 4.79 Å². The van der Waals surface area contributed by atoms with Crippen LogP contribution in [0.2, 0.25) is 0 Å². The molecule has 28 heavy (non-hydrogen) atoms. The SMILES string of the molecule is COc1cccc(C2c3cc(OC)ccc3CC2(C)C(=O)Nc2nncs2)c1. The van der Waals surface area contributed by atoms with Gasteiger partial charge in [-0.1, -0.05) is 29.5 Å².